The van der Waals surface area contributed by atoms with Gasteiger partial charge in [0.05, 0.1) is 11.4 Å². The highest BCUT2D eigenvalue weighted by atomic mass is 19.1. The lowest BCUT2D eigenvalue weighted by atomic mass is 9.84. The smallest absolute Gasteiger partial charge is 0.251 e. The van der Waals surface area contributed by atoms with Gasteiger partial charge < -0.3 is 4.98 Å². The van der Waals surface area contributed by atoms with Gasteiger partial charge in [-0.2, -0.15) is 5.10 Å². The summed E-state index contributed by atoms with van der Waals surface area (Å²) in [6.07, 6.45) is 6.02. The van der Waals surface area contributed by atoms with Crippen molar-refractivity contribution in [3.63, 3.8) is 0 Å². The van der Waals surface area contributed by atoms with Crippen molar-refractivity contribution in [1.82, 2.24) is 14.6 Å². The van der Waals surface area contributed by atoms with Crippen LogP contribution in [0.3, 0.4) is 0 Å². The number of rotatable bonds is 2. The van der Waals surface area contributed by atoms with Crippen LogP contribution in [0.2, 0.25) is 0 Å². The van der Waals surface area contributed by atoms with Crippen molar-refractivity contribution in [3.05, 3.63) is 57.3 Å². The van der Waals surface area contributed by atoms with Crippen molar-refractivity contribution < 1.29 is 4.39 Å². The second-order valence-electron chi connectivity index (χ2n) is 7.07. The van der Waals surface area contributed by atoms with Gasteiger partial charge in [0.25, 0.3) is 5.56 Å². The monoisotopic (exact) mass is 339 g/mol. The molecule has 1 fully saturated rings. The number of H-pyrrole nitrogens is 1. The van der Waals surface area contributed by atoms with Crippen LogP contribution in [-0.4, -0.2) is 14.6 Å². The minimum atomic E-state index is -0.276. The highest BCUT2D eigenvalue weighted by Gasteiger charge is 2.24. The lowest BCUT2D eigenvalue weighted by Crippen LogP contribution is -2.12. The normalized spacial score (nSPS) is 15.8. The maximum atomic E-state index is 13.5. The standard InChI is InChI=1S/C20H22FN3O/c1-12-10-15(21)8-9-16(12)17-11-18(25)22-20-19(13(2)23-24(17)20)14-6-4-3-5-7-14/h8-11,14H,3-7H2,1-2H3,(H,22,25). The summed E-state index contributed by atoms with van der Waals surface area (Å²) in [7, 11) is 0. The summed E-state index contributed by atoms with van der Waals surface area (Å²) in [5.41, 5.74) is 5.10. The molecule has 0 unspecified atom stereocenters. The molecular weight excluding hydrogens is 317 g/mol. The highest BCUT2D eigenvalue weighted by molar-refractivity contribution is 5.67. The van der Waals surface area contributed by atoms with E-state index >= 15 is 0 Å². The molecule has 1 aliphatic carbocycles. The van der Waals surface area contributed by atoms with Gasteiger partial charge in [-0.15, -0.1) is 0 Å². The number of benzene rings is 1. The molecule has 1 N–H and O–H groups in total. The topological polar surface area (TPSA) is 50.2 Å². The number of fused-ring (bicyclic) bond motifs is 1. The van der Waals surface area contributed by atoms with E-state index in [0.717, 1.165) is 35.3 Å². The predicted molar refractivity (Wildman–Crippen MR) is 96.5 cm³/mol. The Labute approximate surface area is 145 Å². The molecule has 0 aliphatic heterocycles. The lowest BCUT2D eigenvalue weighted by Gasteiger charge is -2.21. The zero-order valence-corrected chi connectivity index (χ0v) is 14.6. The summed E-state index contributed by atoms with van der Waals surface area (Å²) in [5, 5.41) is 4.72. The second kappa shape index (κ2) is 6.14. The molecule has 1 aliphatic rings. The number of nitrogens with zero attached hydrogens (tertiary/aromatic N) is 2. The fourth-order valence-electron chi connectivity index (χ4n) is 4.16. The lowest BCUT2D eigenvalue weighted by molar-refractivity contribution is 0.444. The van der Waals surface area contributed by atoms with E-state index in [1.807, 2.05) is 18.4 Å². The molecule has 0 amide bonds. The largest absolute Gasteiger partial charge is 0.307 e. The third-order valence-electron chi connectivity index (χ3n) is 5.32. The minimum Gasteiger partial charge on any atom is -0.307 e. The molecule has 0 saturated heterocycles. The first kappa shape index (κ1) is 16.1. The summed E-state index contributed by atoms with van der Waals surface area (Å²) in [4.78, 5) is 15.3. The Balaban J connectivity index is 1.96. The zero-order chi connectivity index (χ0) is 17.6. The summed E-state index contributed by atoms with van der Waals surface area (Å²) in [6.45, 7) is 3.86. The Morgan fingerprint density at radius 1 is 1.16 bits per heavy atom. The Bertz CT molecular complexity index is 996. The quantitative estimate of drug-likeness (QED) is 0.748. The van der Waals surface area contributed by atoms with Crippen molar-refractivity contribution in [2.45, 2.75) is 51.9 Å². The molecule has 25 heavy (non-hydrogen) atoms. The summed E-state index contributed by atoms with van der Waals surface area (Å²) < 4.78 is 15.3. The van der Waals surface area contributed by atoms with E-state index in [-0.39, 0.29) is 11.4 Å². The molecule has 0 radical (unpaired) electrons. The first-order chi connectivity index (χ1) is 12.0. The van der Waals surface area contributed by atoms with E-state index in [4.69, 9.17) is 5.10 Å². The van der Waals surface area contributed by atoms with Gasteiger partial charge in [0.1, 0.15) is 11.5 Å². The van der Waals surface area contributed by atoms with Gasteiger partial charge in [-0.1, -0.05) is 19.3 Å². The number of halogens is 1. The average molecular weight is 339 g/mol. The van der Waals surface area contributed by atoms with Crippen LogP contribution < -0.4 is 5.56 Å². The average Bonchev–Trinajstić information content (AvgIpc) is 2.91. The predicted octanol–water partition coefficient (Wildman–Crippen LogP) is 4.49. The Morgan fingerprint density at radius 3 is 2.64 bits per heavy atom. The molecule has 1 aromatic carbocycles. The summed E-state index contributed by atoms with van der Waals surface area (Å²) >= 11 is 0. The fraction of sp³-hybridized carbons (Fsp3) is 0.400. The molecule has 4 rings (SSSR count). The highest BCUT2D eigenvalue weighted by Crippen LogP contribution is 2.36. The molecule has 1 saturated carbocycles. The van der Waals surface area contributed by atoms with Gasteiger partial charge in [-0.3, -0.25) is 4.79 Å². The SMILES string of the molecule is Cc1cc(F)ccc1-c1cc(=O)[nH]c2c(C3CCCCC3)c(C)nn12. The molecular formula is C20H22FN3O. The van der Waals surface area contributed by atoms with Crippen LogP contribution in [0.25, 0.3) is 16.9 Å². The van der Waals surface area contributed by atoms with Crippen LogP contribution in [0.4, 0.5) is 4.39 Å². The van der Waals surface area contributed by atoms with Crippen molar-refractivity contribution in [1.29, 1.82) is 0 Å². The zero-order valence-electron chi connectivity index (χ0n) is 14.6. The minimum absolute atomic E-state index is 0.150. The Morgan fingerprint density at radius 2 is 1.92 bits per heavy atom. The van der Waals surface area contributed by atoms with Gasteiger partial charge in [-0.25, -0.2) is 8.91 Å². The van der Waals surface area contributed by atoms with E-state index in [2.05, 4.69) is 4.98 Å². The number of aryl methyl sites for hydroxylation is 2. The van der Waals surface area contributed by atoms with E-state index in [1.165, 1.54) is 37.0 Å². The van der Waals surface area contributed by atoms with Gasteiger partial charge in [0, 0.05) is 17.2 Å². The molecule has 0 spiro atoms. The number of hydrogen-bond acceptors (Lipinski definition) is 2. The maximum Gasteiger partial charge on any atom is 0.251 e. The van der Waals surface area contributed by atoms with Crippen LogP contribution in [-0.2, 0) is 0 Å². The van der Waals surface area contributed by atoms with Gasteiger partial charge in [-0.05, 0) is 56.4 Å². The Kier molecular flexibility index (Phi) is 3.94. The van der Waals surface area contributed by atoms with E-state index in [9.17, 15) is 9.18 Å². The van der Waals surface area contributed by atoms with Crippen LogP contribution in [0, 0.1) is 19.7 Å². The van der Waals surface area contributed by atoms with E-state index in [1.54, 1.807) is 12.1 Å². The Hall–Kier alpha value is -2.43. The van der Waals surface area contributed by atoms with Crippen LogP contribution in [0.5, 0.6) is 0 Å². The summed E-state index contributed by atoms with van der Waals surface area (Å²) in [5.74, 6) is 0.174. The fourth-order valence-corrected chi connectivity index (χ4v) is 4.16. The molecule has 2 aromatic heterocycles. The maximum absolute atomic E-state index is 13.5. The molecule has 4 nitrogen and oxygen atoms in total. The van der Waals surface area contributed by atoms with E-state index < -0.39 is 0 Å². The van der Waals surface area contributed by atoms with Crippen LogP contribution >= 0.6 is 0 Å². The molecule has 2 heterocycles. The van der Waals surface area contributed by atoms with Crippen LogP contribution in [0.15, 0.2) is 29.1 Å². The molecule has 5 heteroatoms. The van der Waals surface area contributed by atoms with Crippen molar-refractivity contribution in [2.24, 2.45) is 0 Å². The third kappa shape index (κ3) is 2.77. The number of nitrogens with one attached hydrogen (secondary N) is 1. The molecule has 0 atom stereocenters. The van der Waals surface area contributed by atoms with Gasteiger partial charge in [0.15, 0.2) is 0 Å². The van der Waals surface area contributed by atoms with Gasteiger partial charge >= 0.3 is 0 Å². The first-order valence-electron chi connectivity index (χ1n) is 8.93. The number of aromatic amines is 1. The summed E-state index contributed by atoms with van der Waals surface area (Å²) in [6, 6.07) is 6.18. The molecule has 130 valence electrons. The van der Waals surface area contributed by atoms with Crippen LogP contribution in [0.1, 0.15) is 54.8 Å². The first-order valence-corrected chi connectivity index (χ1v) is 8.93. The van der Waals surface area contributed by atoms with E-state index in [0.29, 0.717) is 11.6 Å². The van der Waals surface area contributed by atoms with Crippen molar-refractivity contribution in [2.75, 3.05) is 0 Å². The number of aromatic nitrogens is 3. The van der Waals surface area contributed by atoms with Gasteiger partial charge in [0.2, 0.25) is 0 Å². The van der Waals surface area contributed by atoms with Crippen molar-refractivity contribution >= 4 is 5.65 Å². The third-order valence-corrected chi connectivity index (χ3v) is 5.32. The molecule has 0 bridgehead atoms. The second-order valence-corrected chi connectivity index (χ2v) is 7.07. The van der Waals surface area contributed by atoms with Crippen molar-refractivity contribution in [3.8, 4) is 11.3 Å². The number of hydrogen-bond donors (Lipinski definition) is 1. The molecule has 3 aromatic rings.